The van der Waals surface area contributed by atoms with Crippen molar-refractivity contribution in [1.82, 2.24) is 4.90 Å². The number of β-lactam (4-membered cyclic amide) rings is 1. The number of carbonyl (C=O) groups is 2. The van der Waals surface area contributed by atoms with Crippen molar-refractivity contribution in [3.8, 4) is 0 Å². The van der Waals surface area contributed by atoms with E-state index in [0.29, 0.717) is 19.4 Å². The smallest absolute Gasteiger partial charge is 0.303 e. The van der Waals surface area contributed by atoms with Gasteiger partial charge in [-0.3, -0.25) is 9.59 Å². The molecule has 0 spiro atoms. The van der Waals surface area contributed by atoms with Crippen molar-refractivity contribution in [2.24, 2.45) is 0 Å². The third kappa shape index (κ3) is 4.57. The Morgan fingerprint density at radius 2 is 2.00 bits per heavy atom. The summed E-state index contributed by atoms with van der Waals surface area (Å²) in [5.74, 6) is -0.595. The van der Waals surface area contributed by atoms with Gasteiger partial charge in [-0.2, -0.15) is 0 Å². The number of carboxylic acid groups (broad SMARTS) is 1. The molecule has 2 rings (SSSR count). The SMILES string of the molecule is C/C=C(\C)c1ccc([C@H]2CC(=O)N2C/C=C\CCCC(=O)O)cc1. The molecular weight excluding hydrogens is 302 g/mol. The molecule has 1 fully saturated rings. The van der Waals surface area contributed by atoms with E-state index >= 15 is 0 Å². The van der Waals surface area contributed by atoms with Crippen LogP contribution in [0, 0.1) is 0 Å². The number of carbonyl (C=O) groups excluding carboxylic acids is 1. The predicted molar refractivity (Wildman–Crippen MR) is 95.5 cm³/mol. The quantitative estimate of drug-likeness (QED) is 0.442. The summed E-state index contributed by atoms with van der Waals surface area (Å²) in [6, 6.07) is 8.56. The number of hydrogen-bond donors (Lipinski definition) is 1. The average molecular weight is 327 g/mol. The number of unbranched alkanes of at least 4 members (excludes halogenated alkanes) is 1. The summed E-state index contributed by atoms with van der Waals surface area (Å²) in [6.07, 6.45) is 8.13. The molecule has 1 saturated heterocycles. The number of hydrogen-bond acceptors (Lipinski definition) is 2. The zero-order valence-corrected chi connectivity index (χ0v) is 14.4. The summed E-state index contributed by atoms with van der Waals surface area (Å²) < 4.78 is 0. The van der Waals surface area contributed by atoms with Crippen LogP contribution in [0.15, 0.2) is 42.5 Å². The van der Waals surface area contributed by atoms with Crippen molar-refractivity contribution in [1.29, 1.82) is 0 Å². The maximum atomic E-state index is 11.9. The first-order chi connectivity index (χ1) is 11.5. The zero-order valence-electron chi connectivity index (χ0n) is 14.4. The van der Waals surface area contributed by atoms with E-state index in [9.17, 15) is 9.59 Å². The third-order valence-electron chi connectivity index (χ3n) is 4.48. The number of carboxylic acids is 1. The Labute approximate surface area is 143 Å². The summed E-state index contributed by atoms with van der Waals surface area (Å²) in [5.41, 5.74) is 3.62. The minimum Gasteiger partial charge on any atom is -0.481 e. The van der Waals surface area contributed by atoms with E-state index < -0.39 is 5.97 Å². The van der Waals surface area contributed by atoms with E-state index in [-0.39, 0.29) is 18.4 Å². The van der Waals surface area contributed by atoms with Crippen LogP contribution < -0.4 is 0 Å². The molecule has 1 atom stereocenters. The van der Waals surface area contributed by atoms with Crippen LogP contribution in [0.25, 0.3) is 5.57 Å². The monoisotopic (exact) mass is 327 g/mol. The fourth-order valence-electron chi connectivity index (χ4n) is 2.79. The summed E-state index contributed by atoms with van der Waals surface area (Å²) in [7, 11) is 0. The van der Waals surface area contributed by atoms with Gasteiger partial charge in [-0.15, -0.1) is 0 Å². The Balaban J connectivity index is 1.88. The molecule has 1 aromatic rings. The van der Waals surface area contributed by atoms with Crippen LogP contribution >= 0.6 is 0 Å². The minimum atomic E-state index is -0.766. The molecule has 1 N–H and O–H groups in total. The largest absolute Gasteiger partial charge is 0.481 e. The number of nitrogens with zero attached hydrogens (tertiary/aromatic N) is 1. The molecule has 0 unspecified atom stereocenters. The molecule has 1 heterocycles. The van der Waals surface area contributed by atoms with Crippen LogP contribution in [0.4, 0.5) is 0 Å². The average Bonchev–Trinajstić information content (AvgIpc) is 2.58. The molecule has 0 aliphatic carbocycles. The van der Waals surface area contributed by atoms with Gasteiger partial charge < -0.3 is 10.0 Å². The molecule has 0 radical (unpaired) electrons. The van der Waals surface area contributed by atoms with E-state index in [1.54, 1.807) is 0 Å². The predicted octanol–water partition coefficient (Wildman–Crippen LogP) is 4.19. The standard InChI is InChI=1S/C20H25NO3/c1-3-15(2)16-9-11-17(12-10-16)18-14-19(22)21(18)13-7-5-4-6-8-20(23)24/h3,5,7,9-12,18H,4,6,8,13-14H2,1-2H3,(H,23,24)/b7-5-,15-3+/t18-/m1/s1. The van der Waals surface area contributed by atoms with Gasteiger partial charge in [0.05, 0.1) is 12.5 Å². The molecule has 24 heavy (non-hydrogen) atoms. The van der Waals surface area contributed by atoms with Crippen molar-refractivity contribution >= 4 is 17.4 Å². The molecule has 1 aliphatic rings. The van der Waals surface area contributed by atoms with Gasteiger partial charge in [0.1, 0.15) is 0 Å². The van der Waals surface area contributed by atoms with Gasteiger partial charge in [0, 0.05) is 13.0 Å². The van der Waals surface area contributed by atoms with E-state index in [1.807, 2.05) is 24.0 Å². The van der Waals surface area contributed by atoms with Gasteiger partial charge in [0.25, 0.3) is 0 Å². The van der Waals surface area contributed by atoms with E-state index in [2.05, 4.69) is 37.3 Å². The van der Waals surface area contributed by atoms with Crippen LogP contribution in [0.5, 0.6) is 0 Å². The molecular formula is C20H25NO3. The van der Waals surface area contributed by atoms with Gasteiger partial charge in [-0.05, 0) is 43.4 Å². The summed E-state index contributed by atoms with van der Waals surface area (Å²) >= 11 is 0. The minimum absolute atomic E-state index is 0.154. The van der Waals surface area contributed by atoms with E-state index in [0.717, 1.165) is 6.42 Å². The van der Waals surface area contributed by atoms with Crippen molar-refractivity contribution in [3.63, 3.8) is 0 Å². The second-order valence-electron chi connectivity index (χ2n) is 6.12. The topological polar surface area (TPSA) is 57.6 Å². The van der Waals surface area contributed by atoms with Crippen LogP contribution in [0.3, 0.4) is 0 Å². The van der Waals surface area contributed by atoms with Crippen LogP contribution in [-0.4, -0.2) is 28.4 Å². The lowest BCUT2D eigenvalue weighted by molar-refractivity contribution is -0.145. The number of allylic oxidation sites excluding steroid dienone is 3. The van der Waals surface area contributed by atoms with Gasteiger partial charge in [0.2, 0.25) is 5.91 Å². The van der Waals surface area contributed by atoms with Gasteiger partial charge in [0.15, 0.2) is 0 Å². The number of amides is 1. The Morgan fingerprint density at radius 3 is 2.58 bits per heavy atom. The lowest BCUT2D eigenvalue weighted by atomic mass is 9.92. The van der Waals surface area contributed by atoms with Crippen molar-refractivity contribution in [2.45, 2.75) is 45.6 Å². The summed E-state index contributed by atoms with van der Waals surface area (Å²) in [6.45, 7) is 4.70. The Morgan fingerprint density at radius 1 is 1.29 bits per heavy atom. The summed E-state index contributed by atoms with van der Waals surface area (Å²) in [4.78, 5) is 24.2. The Bertz CT molecular complexity index is 643. The highest BCUT2D eigenvalue weighted by atomic mass is 16.4. The molecule has 0 saturated carbocycles. The van der Waals surface area contributed by atoms with Crippen molar-refractivity contribution in [2.75, 3.05) is 6.54 Å². The molecule has 1 aromatic carbocycles. The first-order valence-electron chi connectivity index (χ1n) is 8.42. The first-order valence-corrected chi connectivity index (χ1v) is 8.42. The fraction of sp³-hybridized carbons (Fsp3) is 0.400. The molecule has 128 valence electrons. The number of rotatable bonds is 8. The van der Waals surface area contributed by atoms with Gasteiger partial charge in [-0.1, -0.05) is 42.5 Å². The summed E-state index contributed by atoms with van der Waals surface area (Å²) in [5, 5.41) is 8.59. The maximum Gasteiger partial charge on any atom is 0.303 e. The van der Waals surface area contributed by atoms with Gasteiger partial charge >= 0.3 is 5.97 Å². The Hall–Kier alpha value is -2.36. The fourth-order valence-corrected chi connectivity index (χ4v) is 2.79. The number of likely N-dealkylation sites (tertiary alicyclic amines) is 1. The highest BCUT2D eigenvalue weighted by Gasteiger charge is 2.35. The van der Waals surface area contributed by atoms with Crippen LogP contribution in [-0.2, 0) is 9.59 Å². The Kier molecular flexibility index (Phi) is 6.36. The normalized spacial score (nSPS) is 18.1. The van der Waals surface area contributed by atoms with Crippen LogP contribution in [0.1, 0.15) is 56.7 Å². The van der Waals surface area contributed by atoms with Crippen LogP contribution in [0.2, 0.25) is 0 Å². The highest BCUT2D eigenvalue weighted by molar-refractivity contribution is 5.83. The van der Waals surface area contributed by atoms with Gasteiger partial charge in [-0.25, -0.2) is 0 Å². The second kappa shape index (κ2) is 8.48. The van der Waals surface area contributed by atoms with E-state index in [1.165, 1.54) is 16.7 Å². The molecule has 1 amide bonds. The molecule has 0 bridgehead atoms. The third-order valence-corrected chi connectivity index (χ3v) is 4.48. The van der Waals surface area contributed by atoms with Crippen molar-refractivity contribution < 1.29 is 14.7 Å². The number of aliphatic carboxylic acids is 1. The molecule has 1 aliphatic heterocycles. The molecule has 4 nitrogen and oxygen atoms in total. The molecule has 0 aromatic heterocycles. The maximum absolute atomic E-state index is 11.9. The lowest BCUT2D eigenvalue weighted by Crippen LogP contribution is -2.46. The zero-order chi connectivity index (χ0) is 17.5. The highest BCUT2D eigenvalue weighted by Crippen LogP contribution is 2.34. The molecule has 4 heteroatoms. The van der Waals surface area contributed by atoms with E-state index in [4.69, 9.17) is 5.11 Å². The second-order valence-corrected chi connectivity index (χ2v) is 6.12. The lowest BCUT2D eigenvalue weighted by Gasteiger charge is -2.40. The first kappa shape index (κ1) is 18.0. The number of benzene rings is 1. The van der Waals surface area contributed by atoms with Crippen molar-refractivity contribution in [3.05, 3.63) is 53.6 Å².